The second-order valence-electron chi connectivity index (χ2n) is 3.16. The summed E-state index contributed by atoms with van der Waals surface area (Å²) in [6, 6.07) is 0. The van der Waals surface area contributed by atoms with Crippen LogP contribution in [-0.2, 0) is 4.79 Å². The molecule has 0 aromatic heterocycles. The largest absolute Gasteiger partial charge is 0.481 e. The van der Waals surface area contributed by atoms with E-state index in [0.29, 0.717) is 6.42 Å². The predicted octanol–water partition coefficient (Wildman–Crippen LogP) is 1.99. The first kappa shape index (κ1) is 8.50. The SMILES string of the molecule is O=C(O)C[C@H]1CCCC[C@H]1F. The molecule has 1 aliphatic rings. The highest BCUT2D eigenvalue weighted by Gasteiger charge is 2.26. The van der Waals surface area contributed by atoms with Crippen LogP contribution in [0.1, 0.15) is 32.1 Å². The molecule has 0 aromatic rings. The lowest BCUT2D eigenvalue weighted by molar-refractivity contribution is -0.139. The molecule has 1 N–H and O–H groups in total. The minimum atomic E-state index is -0.875. The van der Waals surface area contributed by atoms with Crippen molar-refractivity contribution in [3.05, 3.63) is 0 Å². The standard InChI is InChI=1S/C8H13FO2/c9-7-4-2-1-3-6(7)5-8(10)11/h6-7H,1-5H2,(H,10,11)/t6-,7-/m1/s1. The molecule has 1 rings (SSSR count). The Bertz CT molecular complexity index is 147. The molecule has 3 heteroatoms. The summed E-state index contributed by atoms with van der Waals surface area (Å²) in [6.45, 7) is 0. The topological polar surface area (TPSA) is 37.3 Å². The van der Waals surface area contributed by atoms with Gasteiger partial charge in [0.1, 0.15) is 6.17 Å². The van der Waals surface area contributed by atoms with Gasteiger partial charge in [0.25, 0.3) is 0 Å². The monoisotopic (exact) mass is 160 g/mol. The van der Waals surface area contributed by atoms with Crippen molar-refractivity contribution >= 4 is 5.97 Å². The highest BCUT2D eigenvalue weighted by Crippen LogP contribution is 2.29. The first-order valence-electron chi connectivity index (χ1n) is 4.06. The molecule has 1 fully saturated rings. The van der Waals surface area contributed by atoms with Gasteiger partial charge in [-0.1, -0.05) is 12.8 Å². The van der Waals surface area contributed by atoms with Crippen molar-refractivity contribution < 1.29 is 14.3 Å². The number of carboxylic acids is 1. The van der Waals surface area contributed by atoms with Gasteiger partial charge in [-0.2, -0.15) is 0 Å². The molecule has 0 radical (unpaired) electrons. The maximum absolute atomic E-state index is 12.9. The van der Waals surface area contributed by atoms with Crippen LogP contribution in [0.5, 0.6) is 0 Å². The zero-order valence-corrected chi connectivity index (χ0v) is 6.42. The zero-order chi connectivity index (χ0) is 8.27. The van der Waals surface area contributed by atoms with Gasteiger partial charge in [0.05, 0.1) is 6.42 Å². The van der Waals surface area contributed by atoms with Gasteiger partial charge >= 0.3 is 5.97 Å². The third-order valence-electron chi connectivity index (χ3n) is 2.25. The molecule has 0 amide bonds. The van der Waals surface area contributed by atoms with E-state index >= 15 is 0 Å². The van der Waals surface area contributed by atoms with Gasteiger partial charge < -0.3 is 5.11 Å². The molecule has 0 unspecified atom stereocenters. The Morgan fingerprint density at radius 3 is 2.64 bits per heavy atom. The summed E-state index contributed by atoms with van der Waals surface area (Å²) in [5.41, 5.74) is 0. The third-order valence-corrected chi connectivity index (χ3v) is 2.25. The molecule has 2 nitrogen and oxygen atoms in total. The Balaban J connectivity index is 2.35. The lowest BCUT2D eigenvalue weighted by Crippen LogP contribution is -2.23. The van der Waals surface area contributed by atoms with Gasteiger partial charge in [-0.05, 0) is 12.8 Å². The van der Waals surface area contributed by atoms with Crippen molar-refractivity contribution in [3.8, 4) is 0 Å². The molecule has 11 heavy (non-hydrogen) atoms. The fraction of sp³-hybridized carbons (Fsp3) is 0.875. The van der Waals surface area contributed by atoms with E-state index < -0.39 is 12.1 Å². The molecule has 0 saturated heterocycles. The van der Waals surface area contributed by atoms with Crippen LogP contribution in [-0.4, -0.2) is 17.2 Å². The summed E-state index contributed by atoms with van der Waals surface area (Å²) in [7, 11) is 0. The smallest absolute Gasteiger partial charge is 0.303 e. The van der Waals surface area contributed by atoms with Gasteiger partial charge in [0.2, 0.25) is 0 Å². The predicted molar refractivity (Wildman–Crippen MR) is 39.1 cm³/mol. The van der Waals surface area contributed by atoms with E-state index in [1.807, 2.05) is 0 Å². The minimum absolute atomic E-state index is 0.00116. The van der Waals surface area contributed by atoms with Crippen molar-refractivity contribution in [2.24, 2.45) is 5.92 Å². The van der Waals surface area contributed by atoms with E-state index in [0.717, 1.165) is 19.3 Å². The number of rotatable bonds is 2. The van der Waals surface area contributed by atoms with Crippen LogP contribution in [0.2, 0.25) is 0 Å². The average Bonchev–Trinajstić information content (AvgIpc) is 1.93. The molecular weight excluding hydrogens is 147 g/mol. The summed E-state index contributed by atoms with van der Waals surface area (Å²) in [4.78, 5) is 10.2. The Kier molecular flexibility index (Phi) is 2.85. The molecule has 0 aliphatic heterocycles. The quantitative estimate of drug-likeness (QED) is 0.670. The molecule has 64 valence electrons. The maximum atomic E-state index is 12.9. The molecular formula is C8H13FO2. The highest BCUT2D eigenvalue weighted by molar-refractivity contribution is 5.67. The molecule has 0 bridgehead atoms. The number of halogens is 1. The number of hydrogen-bond acceptors (Lipinski definition) is 1. The van der Waals surface area contributed by atoms with Crippen molar-refractivity contribution in [1.29, 1.82) is 0 Å². The number of carboxylic acid groups (broad SMARTS) is 1. The Morgan fingerprint density at radius 1 is 1.45 bits per heavy atom. The number of carbonyl (C=O) groups is 1. The van der Waals surface area contributed by atoms with E-state index in [9.17, 15) is 9.18 Å². The van der Waals surface area contributed by atoms with Crippen LogP contribution >= 0.6 is 0 Å². The average molecular weight is 160 g/mol. The lowest BCUT2D eigenvalue weighted by Gasteiger charge is -2.23. The molecule has 2 atom stereocenters. The van der Waals surface area contributed by atoms with Crippen molar-refractivity contribution in [2.45, 2.75) is 38.3 Å². The maximum Gasteiger partial charge on any atom is 0.303 e. The van der Waals surface area contributed by atoms with Crippen LogP contribution in [0.4, 0.5) is 4.39 Å². The molecule has 1 saturated carbocycles. The van der Waals surface area contributed by atoms with Crippen molar-refractivity contribution in [1.82, 2.24) is 0 Å². The Morgan fingerprint density at radius 2 is 2.09 bits per heavy atom. The third kappa shape index (κ3) is 2.48. The summed E-state index contributed by atoms with van der Waals surface area (Å²) in [5, 5.41) is 8.42. The second-order valence-corrected chi connectivity index (χ2v) is 3.16. The Hall–Kier alpha value is -0.600. The van der Waals surface area contributed by atoms with Crippen LogP contribution in [0.15, 0.2) is 0 Å². The first-order valence-corrected chi connectivity index (χ1v) is 4.06. The van der Waals surface area contributed by atoms with Gasteiger partial charge in [-0.3, -0.25) is 4.79 Å². The van der Waals surface area contributed by atoms with Crippen LogP contribution in [0.25, 0.3) is 0 Å². The lowest BCUT2D eigenvalue weighted by atomic mass is 9.85. The summed E-state index contributed by atoms with van der Waals surface area (Å²) >= 11 is 0. The van der Waals surface area contributed by atoms with Crippen molar-refractivity contribution in [3.63, 3.8) is 0 Å². The normalized spacial score (nSPS) is 31.7. The summed E-state index contributed by atoms with van der Waals surface area (Å²) in [5.74, 6) is -1.10. The fourth-order valence-electron chi connectivity index (χ4n) is 1.62. The van der Waals surface area contributed by atoms with E-state index in [-0.39, 0.29) is 12.3 Å². The first-order chi connectivity index (χ1) is 5.20. The number of alkyl halides is 1. The van der Waals surface area contributed by atoms with Gasteiger partial charge in [0, 0.05) is 5.92 Å². The molecule has 0 aromatic carbocycles. The van der Waals surface area contributed by atoms with E-state index in [2.05, 4.69) is 0 Å². The van der Waals surface area contributed by atoms with Gasteiger partial charge in [-0.25, -0.2) is 4.39 Å². The minimum Gasteiger partial charge on any atom is -0.481 e. The van der Waals surface area contributed by atoms with Crippen LogP contribution < -0.4 is 0 Å². The molecule has 1 aliphatic carbocycles. The van der Waals surface area contributed by atoms with Gasteiger partial charge in [0.15, 0.2) is 0 Å². The zero-order valence-electron chi connectivity index (χ0n) is 6.42. The molecule has 0 spiro atoms. The van der Waals surface area contributed by atoms with Crippen LogP contribution in [0.3, 0.4) is 0 Å². The van der Waals surface area contributed by atoms with E-state index in [1.165, 1.54) is 0 Å². The van der Waals surface area contributed by atoms with E-state index in [1.54, 1.807) is 0 Å². The molecule has 0 heterocycles. The number of hydrogen-bond donors (Lipinski definition) is 1. The number of aliphatic carboxylic acids is 1. The second kappa shape index (κ2) is 3.69. The Labute approximate surface area is 65.4 Å². The van der Waals surface area contributed by atoms with Crippen molar-refractivity contribution in [2.75, 3.05) is 0 Å². The fourth-order valence-corrected chi connectivity index (χ4v) is 1.62. The summed E-state index contributed by atoms with van der Waals surface area (Å²) in [6.07, 6.45) is 2.32. The summed E-state index contributed by atoms with van der Waals surface area (Å²) < 4.78 is 12.9. The highest BCUT2D eigenvalue weighted by atomic mass is 19.1. The van der Waals surface area contributed by atoms with Crippen LogP contribution in [0, 0.1) is 5.92 Å². The van der Waals surface area contributed by atoms with E-state index in [4.69, 9.17) is 5.11 Å². The van der Waals surface area contributed by atoms with Gasteiger partial charge in [-0.15, -0.1) is 0 Å².